The lowest BCUT2D eigenvalue weighted by Crippen LogP contribution is -2.58. The number of hydrogen-bond donors (Lipinski definition) is 0. The van der Waals surface area contributed by atoms with E-state index >= 15 is 0 Å². The third-order valence-corrected chi connectivity index (χ3v) is 3.56. The molecule has 0 amide bonds. The fourth-order valence-electron chi connectivity index (χ4n) is 3.75. The van der Waals surface area contributed by atoms with Crippen LogP contribution < -0.4 is 0 Å². The molecule has 2 heteroatoms. The molecule has 1 rings (SSSR count). The molecule has 1 aliphatic rings. The highest BCUT2D eigenvalue weighted by Gasteiger charge is 2.55. The summed E-state index contributed by atoms with van der Waals surface area (Å²) >= 11 is 0. The Hall–Kier alpha value is -0.550. The second-order valence-electron chi connectivity index (χ2n) is 6.86. The predicted molar refractivity (Wildman–Crippen MR) is 63.5 cm³/mol. The van der Waals surface area contributed by atoms with Crippen LogP contribution in [0.25, 0.3) is 0 Å². The first-order valence-electron chi connectivity index (χ1n) is 5.73. The minimum Gasteiger partial charge on any atom is -0.287 e. The fraction of sp³-hybridized carbons (Fsp3) is 0.923. The van der Waals surface area contributed by atoms with Crippen molar-refractivity contribution in [3.63, 3.8) is 0 Å². The van der Waals surface area contributed by atoms with E-state index in [-0.39, 0.29) is 22.5 Å². The van der Waals surface area contributed by atoms with Gasteiger partial charge in [-0.15, -0.1) is 0 Å². The van der Waals surface area contributed by atoms with E-state index in [1.165, 1.54) is 0 Å². The van der Waals surface area contributed by atoms with E-state index in [4.69, 9.17) is 0 Å². The average molecular weight is 208 g/mol. The van der Waals surface area contributed by atoms with Crippen LogP contribution in [0.4, 0.5) is 0 Å². The number of rotatable bonds is 0. The monoisotopic (exact) mass is 208 g/mol. The molecule has 0 aromatic rings. The molecule has 1 fully saturated rings. The Labute approximate surface area is 94.3 Å². The van der Waals surface area contributed by atoms with E-state index in [1.54, 1.807) is 0 Å². The molecule has 0 radical (unpaired) electrons. The highest BCUT2D eigenvalue weighted by molar-refractivity contribution is 5.15. The third kappa shape index (κ3) is 1.90. The van der Waals surface area contributed by atoms with Crippen LogP contribution in [-0.4, -0.2) is 21.5 Å². The van der Waals surface area contributed by atoms with Crippen molar-refractivity contribution in [2.45, 2.75) is 71.5 Å². The Morgan fingerprint density at radius 3 is 1.87 bits per heavy atom. The summed E-state index contributed by atoms with van der Waals surface area (Å²) in [6, 6.07) is 2.47. The SMILES string of the molecule is CC(C)(C)N1C(C)(C)CC(C#N)C1(C)C. The van der Waals surface area contributed by atoms with Gasteiger partial charge in [0.05, 0.1) is 12.0 Å². The summed E-state index contributed by atoms with van der Waals surface area (Å²) in [4.78, 5) is 2.50. The van der Waals surface area contributed by atoms with Crippen molar-refractivity contribution < 1.29 is 0 Å². The van der Waals surface area contributed by atoms with E-state index in [2.05, 4.69) is 59.4 Å². The van der Waals surface area contributed by atoms with Gasteiger partial charge in [0.1, 0.15) is 0 Å². The van der Waals surface area contributed by atoms with Crippen molar-refractivity contribution in [3.8, 4) is 6.07 Å². The molecule has 0 aromatic carbocycles. The van der Waals surface area contributed by atoms with Gasteiger partial charge >= 0.3 is 0 Å². The van der Waals surface area contributed by atoms with Crippen LogP contribution in [0, 0.1) is 17.2 Å². The summed E-state index contributed by atoms with van der Waals surface area (Å²) in [5.74, 6) is 0.131. The van der Waals surface area contributed by atoms with Crippen molar-refractivity contribution in [1.82, 2.24) is 4.90 Å². The van der Waals surface area contributed by atoms with Gasteiger partial charge in [0.15, 0.2) is 0 Å². The lowest BCUT2D eigenvalue weighted by atomic mass is 9.87. The van der Waals surface area contributed by atoms with Gasteiger partial charge in [-0.1, -0.05) is 0 Å². The zero-order chi connectivity index (χ0) is 12.1. The Morgan fingerprint density at radius 2 is 1.67 bits per heavy atom. The molecule has 2 nitrogen and oxygen atoms in total. The highest BCUT2D eigenvalue weighted by Crippen LogP contribution is 2.48. The first-order valence-corrected chi connectivity index (χ1v) is 5.73. The first kappa shape index (κ1) is 12.5. The molecule has 1 saturated heterocycles. The number of likely N-dealkylation sites (tertiary alicyclic amines) is 1. The molecule has 1 atom stereocenters. The topological polar surface area (TPSA) is 27.0 Å². The summed E-state index contributed by atoms with van der Waals surface area (Å²) < 4.78 is 0. The van der Waals surface area contributed by atoms with Gasteiger partial charge in [-0.25, -0.2) is 0 Å². The second kappa shape index (κ2) is 3.22. The van der Waals surface area contributed by atoms with Crippen molar-refractivity contribution in [3.05, 3.63) is 0 Å². The van der Waals surface area contributed by atoms with Gasteiger partial charge < -0.3 is 0 Å². The largest absolute Gasteiger partial charge is 0.287 e. The first-order chi connectivity index (χ1) is 6.53. The fourth-order valence-corrected chi connectivity index (χ4v) is 3.75. The molecule has 15 heavy (non-hydrogen) atoms. The van der Waals surface area contributed by atoms with Gasteiger partial charge in [0.25, 0.3) is 0 Å². The van der Waals surface area contributed by atoms with Crippen molar-refractivity contribution >= 4 is 0 Å². The molecule has 1 heterocycles. The van der Waals surface area contributed by atoms with Gasteiger partial charge in [0, 0.05) is 16.6 Å². The summed E-state index contributed by atoms with van der Waals surface area (Å²) in [7, 11) is 0. The predicted octanol–water partition coefficient (Wildman–Crippen LogP) is 3.19. The van der Waals surface area contributed by atoms with Crippen LogP contribution in [0.3, 0.4) is 0 Å². The molecule has 0 aliphatic carbocycles. The number of hydrogen-bond acceptors (Lipinski definition) is 2. The van der Waals surface area contributed by atoms with Gasteiger partial charge in [0.2, 0.25) is 0 Å². The minimum absolute atomic E-state index is 0.0312. The molecular formula is C13H24N2. The average Bonchev–Trinajstić information content (AvgIpc) is 2.13. The highest BCUT2D eigenvalue weighted by atomic mass is 15.3. The lowest BCUT2D eigenvalue weighted by Gasteiger charge is -2.49. The Kier molecular flexibility index (Phi) is 2.69. The molecular weight excluding hydrogens is 184 g/mol. The molecule has 0 saturated carbocycles. The van der Waals surface area contributed by atoms with Gasteiger partial charge in [-0.3, -0.25) is 4.90 Å². The Morgan fingerprint density at radius 1 is 1.20 bits per heavy atom. The molecule has 86 valence electrons. The van der Waals surface area contributed by atoms with E-state index in [1.807, 2.05) is 0 Å². The molecule has 1 unspecified atom stereocenters. The minimum atomic E-state index is -0.0312. The van der Waals surface area contributed by atoms with Crippen LogP contribution in [0.15, 0.2) is 0 Å². The summed E-state index contributed by atoms with van der Waals surface area (Å²) in [5.41, 5.74) is 0.192. The second-order valence-corrected chi connectivity index (χ2v) is 6.86. The Balaban J connectivity index is 3.19. The maximum Gasteiger partial charge on any atom is 0.0675 e. The van der Waals surface area contributed by atoms with Crippen LogP contribution in [-0.2, 0) is 0 Å². The van der Waals surface area contributed by atoms with E-state index < -0.39 is 0 Å². The van der Waals surface area contributed by atoms with E-state index in [0.717, 1.165) is 6.42 Å². The van der Waals surface area contributed by atoms with E-state index in [0.29, 0.717) is 0 Å². The summed E-state index contributed by atoms with van der Waals surface area (Å²) in [6.07, 6.45) is 0.966. The van der Waals surface area contributed by atoms with Crippen LogP contribution in [0.5, 0.6) is 0 Å². The van der Waals surface area contributed by atoms with Crippen LogP contribution in [0.1, 0.15) is 54.9 Å². The quantitative estimate of drug-likeness (QED) is 0.611. The number of nitrogens with zero attached hydrogens (tertiary/aromatic N) is 2. The summed E-state index contributed by atoms with van der Waals surface area (Å²) in [6.45, 7) is 15.6. The smallest absolute Gasteiger partial charge is 0.0675 e. The van der Waals surface area contributed by atoms with Crippen LogP contribution in [0.2, 0.25) is 0 Å². The third-order valence-electron chi connectivity index (χ3n) is 3.56. The molecule has 1 aliphatic heterocycles. The molecule has 0 bridgehead atoms. The van der Waals surface area contributed by atoms with Crippen LogP contribution >= 0.6 is 0 Å². The van der Waals surface area contributed by atoms with E-state index in [9.17, 15) is 5.26 Å². The maximum atomic E-state index is 9.24. The molecule has 0 N–H and O–H groups in total. The normalized spacial score (nSPS) is 30.1. The standard InChI is InChI=1S/C13H24N2/c1-11(2,3)15-12(4,5)8-10(9-14)13(15,6)7/h10H,8H2,1-7H3. The van der Waals surface area contributed by atoms with Gasteiger partial charge in [-0.2, -0.15) is 5.26 Å². The van der Waals surface area contributed by atoms with Crippen molar-refractivity contribution in [2.24, 2.45) is 5.92 Å². The summed E-state index contributed by atoms with van der Waals surface area (Å²) in [5, 5.41) is 9.24. The molecule has 0 spiro atoms. The number of nitriles is 1. The van der Waals surface area contributed by atoms with Gasteiger partial charge in [-0.05, 0) is 54.9 Å². The zero-order valence-corrected chi connectivity index (χ0v) is 11.2. The maximum absolute atomic E-state index is 9.24. The Bertz CT molecular complexity index is 289. The molecule has 0 aromatic heterocycles. The van der Waals surface area contributed by atoms with Crippen molar-refractivity contribution in [2.75, 3.05) is 0 Å². The lowest BCUT2D eigenvalue weighted by molar-refractivity contribution is -0.0136. The zero-order valence-electron chi connectivity index (χ0n) is 11.2. The van der Waals surface area contributed by atoms with Crippen molar-refractivity contribution in [1.29, 1.82) is 5.26 Å².